The molecule has 20 heavy (non-hydrogen) atoms. The number of nitrogens with one attached hydrogen (secondary N) is 1. The highest BCUT2D eigenvalue weighted by Crippen LogP contribution is 2.29. The highest BCUT2D eigenvalue weighted by molar-refractivity contribution is 7.13. The summed E-state index contributed by atoms with van der Waals surface area (Å²) in [6, 6.07) is 0.120. The van der Waals surface area contributed by atoms with Crippen LogP contribution >= 0.6 is 11.3 Å². The molecule has 2 saturated heterocycles. The number of carboxylic acids is 1. The summed E-state index contributed by atoms with van der Waals surface area (Å²) in [6.07, 6.45) is 4.88. The van der Waals surface area contributed by atoms with Crippen LogP contribution in [0.1, 0.15) is 37.4 Å². The maximum Gasteiger partial charge on any atom is 0.326 e. The molecule has 1 aromatic heterocycles. The molecule has 3 heterocycles. The first-order valence-corrected chi connectivity index (χ1v) is 7.96. The maximum absolute atomic E-state index is 10.8. The molecule has 2 aliphatic heterocycles. The number of carboxylic acid groups (broad SMARTS) is 1. The molecule has 7 heteroatoms. The Bertz CT molecular complexity index is 492. The van der Waals surface area contributed by atoms with Crippen LogP contribution < -0.4 is 11.1 Å². The lowest BCUT2D eigenvalue weighted by molar-refractivity contribution is -0.138. The molecule has 1 aromatic rings. The first-order chi connectivity index (χ1) is 9.63. The Morgan fingerprint density at radius 2 is 2.40 bits per heavy atom. The Kier molecular flexibility index (Phi) is 3.91. The monoisotopic (exact) mass is 296 g/mol. The highest BCUT2D eigenvalue weighted by Gasteiger charge is 2.32. The summed E-state index contributed by atoms with van der Waals surface area (Å²) in [5.41, 5.74) is 6.00. The molecule has 0 amide bonds. The number of anilines is 1. The third kappa shape index (κ3) is 2.79. The molecule has 0 saturated carbocycles. The van der Waals surface area contributed by atoms with Gasteiger partial charge in [-0.1, -0.05) is 0 Å². The highest BCUT2D eigenvalue weighted by atomic mass is 32.1. The van der Waals surface area contributed by atoms with Crippen LogP contribution in [0.5, 0.6) is 0 Å². The number of hydrogen-bond donors (Lipinski definition) is 3. The molecule has 0 aliphatic carbocycles. The van der Waals surface area contributed by atoms with Crippen LogP contribution in [0.2, 0.25) is 0 Å². The molecule has 2 aliphatic rings. The number of nitrogens with two attached hydrogens (primary N) is 1. The molecular weight excluding hydrogens is 276 g/mol. The van der Waals surface area contributed by atoms with Crippen molar-refractivity contribution in [1.29, 1.82) is 0 Å². The zero-order chi connectivity index (χ0) is 14.1. The van der Waals surface area contributed by atoms with Gasteiger partial charge < -0.3 is 21.1 Å². The lowest BCUT2D eigenvalue weighted by Gasteiger charge is -2.35. The van der Waals surface area contributed by atoms with Gasteiger partial charge >= 0.3 is 5.97 Å². The summed E-state index contributed by atoms with van der Waals surface area (Å²) in [5, 5.41) is 14.8. The van der Waals surface area contributed by atoms with Crippen LogP contribution in [0.15, 0.2) is 5.38 Å². The van der Waals surface area contributed by atoms with Gasteiger partial charge in [0.05, 0.1) is 5.69 Å². The lowest BCUT2D eigenvalue weighted by atomic mass is 9.98. The normalized spacial score (nSPS) is 28.1. The van der Waals surface area contributed by atoms with E-state index in [1.54, 1.807) is 5.38 Å². The van der Waals surface area contributed by atoms with Crippen LogP contribution in [-0.4, -0.2) is 46.1 Å². The average Bonchev–Trinajstić information content (AvgIpc) is 3.06. The van der Waals surface area contributed by atoms with E-state index in [1.807, 2.05) is 0 Å². The number of rotatable bonds is 4. The molecule has 6 nitrogen and oxygen atoms in total. The Hall–Kier alpha value is -1.18. The average molecular weight is 296 g/mol. The van der Waals surface area contributed by atoms with E-state index in [9.17, 15) is 4.79 Å². The zero-order valence-corrected chi connectivity index (χ0v) is 12.1. The van der Waals surface area contributed by atoms with Gasteiger partial charge in [-0.2, -0.15) is 0 Å². The van der Waals surface area contributed by atoms with Crippen LogP contribution in [-0.2, 0) is 4.79 Å². The standard InChI is InChI=1S/C13H20N4O2S/c14-11(12(18)19)10-7-20-13(16-10)15-8-3-5-17-4-1-2-9(17)6-8/h7-9,11H,1-6,14H2,(H,15,16)(H,18,19). The van der Waals surface area contributed by atoms with E-state index in [4.69, 9.17) is 10.8 Å². The summed E-state index contributed by atoms with van der Waals surface area (Å²) in [5.74, 6) is -1.04. The topological polar surface area (TPSA) is 91.5 Å². The van der Waals surface area contributed by atoms with E-state index in [1.165, 1.54) is 30.7 Å². The number of carbonyl (C=O) groups is 1. The van der Waals surface area contributed by atoms with Crippen molar-refractivity contribution >= 4 is 22.4 Å². The molecule has 0 radical (unpaired) electrons. The molecule has 2 fully saturated rings. The quantitative estimate of drug-likeness (QED) is 0.775. The van der Waals surface area contributed by atoms with Gasteiger partial charge in [0, 0.05) is 24.0 Å². The molecular formula is C13H20N4O2S. The SMILES string of the molecule is NC(C(=O)O)c1csc(NC2CCN3CCCC3C2)n1. The predicted molar refractivity (Wildman–Crippen MR) is 77.9 cm³/mol. The predicted octanol–water partition coefficient (Wildman–Crippen LogP) is 1.27. The number of aromatic nitrogens is 1. The molecule has 0 aromatic carbocycles. The molecule has 0 spiro atoms. The van der Waals surface area contributed by atoms with Gasteiger partial charge in [-0.15, -0.1) is 11.3 Å². The Morgan fingerprint density at radius 3 is 3.20 bits per heavy atom. The van der Waals surface area contributed by atoms with Crippen LogP contribution in [0, 0.1) is 0 Å². The Labute approximate surface area is 122 Å². The van der Waals surface area contributed by atoms with Crippen molar-refractivity contribution in [2.45, 2.75) is 43.8 Å². The fraction of sp³-hybridized carbons (Fsp3) is 0.692. The Balaban J connectivity index is 1.59. The molecule has 110 valence electrons. The minimum atomic E-state index is -1.04. The molecule has 3 unspecified atom stereocenters. The van der Waals surface area contributed by atoms with E-state index in [0.29, 0.717) is 17.8 Å². The lowest BCUT2D eigenvalue weighted by Crippen LogP contribution is -2.42. The summed E-state index contributed by atoms with van der Waals surface area (Å²) < 4.78 is 0. The van der Waals surface area contributed by atoms with Gasteiger partial charge in [0.2, 0.25) is 0 Å². The number of aliphatic carboxylic acids is 1. The fourth-order valence-electron chi connectivity index (χ4n) is 3.15. The third-order valence-electron chi connectivity index (χ3n) is 4.25. The molecule has 4 N–H and O–H groups in total. The summed E-state index contributed by atoms with van der Waals surface area (Å²) in [6.45, 7) is 2.39. The van der Waals surface area contributed by atoms with Crippen LogP contribution in [0.4, 0.5) is 5.13 Å². The second kappa shape index (κ2) is 5.67. The van der Waals surface area contributed by atoms with Crippen molar-refractivity contribution in [2.24, 2.45) is 5.73 Å². The van der Waals surface area contributed by atoms with Gasteiger partial charge in [0.25, 0.3) is 0 Å². The van der Waals surface area contributed by atoms with Gasteiger partial charge in [-0.3, -0.25) is 4.79 Å². The number of fused-ring (bicyclic) bond motifs is 1. The van der Waals surface area contributed by atoms with E-state index >= 15 is 0 Å². The fourth-order valence-corrected chi connectivity index (χ4v) is 3.98. The Morgan fingerprint density at radius 1 is 1.55 bits per heavy atom. The first kappa shape index (κ1) is 13.8. The van der Waals surface area contributed by atoms with Crippen molar-refractivity contribution in [1.82, 2.24) is 9.88 Å². The van der Waals surface area contributed by atoms with E-state index in [0.717, 1.165) is 24.5 Å². The smallest absolute Gasteiger partial charge is 0.326 e. The summed E-state index contributed by atoms with van der Waals surface area (Å²) >= 11 is 1.44. The van der Waals surface area contributed by atoms with Crippen molar-refractivity contribution < 1.29 is 9.90 Å². The number of hydrogen-bond acceptors (Lipinski definition) is 6. The summed E-state index contributed by atoms with van der Waals surface area (Å²) in [4.78, 5) is 17.7. The van der Waals surface area contributed by atoms with Crippen LogP contribution in [0.3, 0.4) is 0 Å². The maximum atomic E-state index is 10.8. The van der Waals surface area contributed by atoms with Crippen molar-refractivity contribution in [3.05, 3.63) is 11.1 Å². The van der Waals surface area contributed by atoms with Crippen molar-refractivity contribution in [2.75, 3.05) is 18.4 Å². The van der Waals surface area contributed by atoms with Crippen LogP contribution in [0.25, 0.3) is 0 Å². The van der Waals surface area contributed by atoms with Gasteiger partial charge in [-0.05, 0) is 32.2 Å². The largest absolute Gasteiger partial charge is 0.480 e. The minimum absolute atomic E-state index is 0.434. The molecule has 0 bridgehead atoms. The number of piperidine rings is 1. The third-order valence-corrected chi connectivity index (χ3v) is 5.05. The van der Waals surface area contributed by atoms with E-state index in [-0.39, 0.29) is 0 Å². The zero-order valence-electron chi connectivity index (χ0n) is 11.3. The number of thiazole rings is 1. The molecule has 3 atom stereocenters. The van der Waals surface area contributed by atoms with Gasteiger partial charge in [0.15, 0.2) is 5.13 Å². The second-order valence-corrected chi connectivity index (χ2v) is 6.45. The molecule has 3 rings (SSSR count). The minimum Gasteiger partial charge on any atom is -0.480 e. The van der Waals surface area contributed by atoms with E-state index < -0.39 is 12.0 Å². The van der Waals surface area contributed by atoms with E-state index in [2.05, 4.69) is 15.2 Å². The number of nitrogens with zero attached hydrogens (tertiary/aromatic N) is 2. The summed E-state index contributed by atoms with van der Waals surface area (Å²) in [7, 11) is 0. The van der Waals surface area contributed by atoms with Crippen molar-refractivity contribution in [3.8, 4) is 0 Å². The van der Waals surface area contributed by atoms with Gasteiger partial charge in [0.1, 0.15) is 6.04 Å². The van der Waals surface area contributed by atoms with Gasteiger partial charge in [-0.25, -0.2) is 4.98 Å². The second-order valence-electron chi connectivity index (χ2n) is 5.59. The van der Waals surface area contributed by atoms with Crippen molar-refractivity contribution in [3.63, 3.8) is 0 Å². The first-order valence-electron chi connectivity index (χ1n) is 7.08.